The van der Waals surface area contributed by atoms with Gasteiger partial charge >= 0.3 is 0 Å². The van der Waals surface area contributed by atoms with E-state index in [-0.39, 0.29) is 12.2 Å². The first-order valence-electron chi connectivity index (χ1n) is 6.24. The molecule has 0 bridgehead atoms. The third-order valence-corrected chi connectivity index (χ3v) is 3.04. The van der Waals surface area contributed by atoms with Crippen molar-refractivity contribution in [1.82, 2.24) is 4.90 Å². The predicted molar refractivity (Wildman–Crippen MR) is 75.5 cm³/mol. The fourth-order valence-corrected chi connectivity index (χ4v) is 2.22. The zero-order chi connectivity index (χ0) is 13.7. The number of nitrogens with zero attached hydrogens (tertiary/aromatic N) is 2. The maximum absolute atomic E-state index is 11.4. The van der Waals surface area contributed by atoms with E-state index in [1.165, 1.54) is 16.3 Å². The van der Waals surface area contributed by atoms with E-state index in [0.29, 0.717) is 13.1 Å². The van der Waals surface area contributed by atoms with Gasteiger partial charge in [-0.05, 0) is 23.4 Å². The summed E-state index contributed by atoms with van der Waals surface area (Å²) in [4.78, 5) is 13.4. The van der Waals surface area contributed by atoms with Gasteiger partial charge in [-0.15, -0.1) is 0 Å². The van der Waals surface area contributed by atoms with Crippen LogP contribution in [0.1, 0.15) is 12.0 Å². The Kier molecular flexibility index (Phi) is 4.27. The van der Waals surface area contributed by atoms with Crippen molar-refractivity contribution >= 4 is 16.6 Å². The third kappa shape index (κ3) is 3.40. The molecule has 0 aromatic heterocycles. The van der Waals surface area contributed by atoms with Crippen LogP contribution < -0.4 is 0 Å². The number of ketones is 1. The summed E-state index contributed by atoms with van der Waals surface area (Å²) in [5, 5.41) is 10.9. The van der Waals surface area contributed by atoms with E-state index >= 15 is 0 Å². The van der Waals surface area contributed by atoms with E-state index in [1.807, 2.05) is 36.2 Å². The molecule has 19 heavy (non-hydrogen) atoms. The van der Waals surface area contributed by atoms with Gasteiger partial charge in [0.15, 0.2) is 5.78 Å². The number of likely N-dealkylation sites (N-methyl/N-ethyl adjacent to an activating group) is 1. The summed E-state index contributed by atoms with van der Waals surface area (Å²) in [6, 6.07) is 16.3. The zero-order valence-electron chi connectivity index (χ0n) is 11.0. The highest BCUT2D eigenvalue weighted by molar-refractivity contribution is 5.86. The Balaban J connectivity index is 2.13. The fourth-order valence-electron chi connectivity index (χ4n) is 2.22. The van der Waals surface area contributed by atoms with E-state index in [9.17, 15) is 4.79 Å². The Morgan fingerprint density at radius 2 is 1.95 bits per heavy atom. The number of Topliss-reactive ketones (excluding diaryl/α,β-unsaturated/α-hetero) is 1. The molecular weight excluding hydrogens is 236 g/mol. The molecule has 0 unspecified atom stereocenters. The lowest BCUT2D eigenvalue weighted by Crippen LogP contribution is -2.25. The van der Waals surface area contributed by atoms with Gasteiger partial charge < -0.3 is 0 Å². The standard InChI is InChI=1S/C16H16N2O/c1-18(12-15(19)9-10-17)11-14-7-4-6-13-5-2-3-8-16(13)14/h2-8H,9,11-12H2,1H3. The maximum atomic E-state index is 11.4. The lowest BCUT2D eigenvalue weighted by Gasteiger charge is -2.16. The number of rotatable bonds is 5. The summed E-state index contributed by atoms with van der Waals surface area (Å²) in [7, 11) is 1.90. The van der Waals surface area contributed by atoms with Gasteiger partial charge in [-0.3, -0.25) is 9.69 Å². The number of carbonyl (C=O) groups excluding carboxylic acids is 1. The highest BCUT2D eigenvalue weighted by atomic mass is 16.1. The van der Waals surface area contributed by atoms with Crippen LogP contribution in [0.3, 0.4) is 0 Å². The van der Waals surface area contributed by atoms with Crippen molar-refractivity contribution in [3.05, 3.63) is 48.0 Å². The highest BCUT2D eigenvalue weighted by Gasteiger charge is 2.08. The minimum Gasteiger partial charge on any atom is -0.297 e. The summed E-state index contributed by atoms with van der Waals surface area (Å²) in [6.07, 6.45) is -0.0140. The molecule has 0 radical (unpaired) electrons. The van der Waals surface area contributed by atoms with Crippen LogP contribution in [0.4, 0.5) is 0 Å². The van der Waals surface area contributed by atoms with Crippen LogP contribution in [0.5, 0.6) is 0 Å². The normalized spacial score (nSPS) is 10.6. The largest absolute Gasteiger partial charge is 0.297 e. The van der Waals surface area contributed by atoms with Gasteiger partial charge in [-0.1, -0.05) is 42.5 Å². The van der Waals surface area contributed by atoms with Crippen LogP contribution >= 0.6 is 0 Å². The Bertz CT molecular complexity index is 623. The van der Waals surface area contributed by atoms with Crippen LogP contribution in [0, 0.1) is 11.3 Å². The van der Waals surface area contributed by atoms with Gasteiger partial charge in [0.2, 0.25) is 0 Å². The molecular formula is C16H16N2O. The number of hydrogen-bond donors (Lipinski definition) is 0. The Morgan fingerprint density at radius 1 is 1.21 bits per heavy atom. The van der Waals surface area contributed by atoms with Gasteiger partial charge in [0.25, 0.3) is 0 Å². The Labute approximate surface area is 113 Å². The van der Waals surface area contributed by atoms with Gasteiger partial charge in [0, 0.05) is 6.54 Å². The first kappa shape index (κ1) is 13.3. The van der Waals surface area contributed by atoms with Gasteiger partial charge in [0.05, 0.1) is 19.0 Å². The van der Waals surface area contributed by atoms with E-state index in [2.05, 4.69) is 24.3 Å². The number of hydrogen-bond acceptors (Lipinski definition) is 3. The first-order chi connectivity index (χ1) is 9.20. The Morgan fingerprint density at radius 3 is 2.74 bits per heavy atom. The van der Waals surface area contributed by atoms with E-state index < -0.39 is 0 Å². The number of benzene rings is 2. The number of fused-ring (bicyclic) bond motifs is 1. The average Bonchev–Trinajstić information content (AvgIpc) is 2.39. The summed E-state index contributed by atoms with van der Waals surface area (Å²) < 4.78 is 0. The molecule has 0 heterocycles. The maximum Gasteiger partial charge on any atom is 0.160 e. The van der Waals surface area contributed by atoms with Crippen molar-refractivity contribution in [3.8, 4) is 6.07 Å². The molecule has 0 aliphatic carbocycles. The molecule has 2 aromatic rings. The monoisotopic (exact) mass is 252 g/mol. The molecule has 96 valence electrons. The second kappa shape index (κ2) is 6.12. The minimum absolute atomic E-state index is 0.0140. The molecule has 0 aliphatic rings. The molecule has 0 amide bonds. The lowest BCUT2D eigenvalue weighted by molar-refractivity contribution is -0.119. The van der Waals surface area contributed by atoms with Crippen molar-refractivity contribution in [2.24, 2.45) is 0 Å². The van der Waals surface area contributed by atoms with Gasteiger partial charge in [-0.2, -0.15) is 5.26 Å². The predicted octanol–water partition coefficient (Wildman–Crippen LogP) is 2.75. The molecule has 0 fully saturated rings. The van der Waals surface area contributed by atoms with Crippen LogP contribution in [0.15, 0.2) is 42.5 Å². The molecule has 0 spiro atoms. The SMILES string of the molecule is CN(CC(=O)CC#N)Cc1cccc2ccccc12. The van der Waals surface area contributed by atoms with Crippen LogP contribution in [-0.4, -0.2) is 24.3 Å². The van der Waals surface area contributed by atoms with Crippen molar-refractivity contribution in [1.29, 1.82) is 5.26 Å². The number of carbonyl (C=O) groups is 1. The van der Waals surface area contributed by atoms with Crippen LogP contribution in [0.25, 0.3) is 10.8 Å². The van der Waals surface area contributed by atoms with Crippen molar-refractivity contribution < 1.29 is 4.79 Å². The molecule has 0 aliphatic heterocycles. The quantitative estimate of drug-likeness (QED) is 0.821. The lowest BCUT2D eigenvalue weighted by atomic mass is 10.0. The molecule has 2 aromatic carbocycles. The van der Waals surface area contributed by atoms with E-state index in [1.54, 1.807) is 0 Å². The first-order valence-corrected chi connectivity index (χ1v) is 6.24. The Hall–Kier alpha value is -2.18. The molecule has 3 heteroatoms. The smallest absolute Gasteiger partial charge is 0.160 e. The summed E-state index contributed by atoms with van der Waals surface area (Å²) >= 11 is 0. The molecule has 0 saturated heterocycles. The fraction of sp³-hybridized carbons (Fsp3) is 0.250. The highest BCUT2D eigenvalue weighted by Crippen LogP contribution is 2.19. The second-order valence-electron chi connectivity index (χ2n) is 4.68. The van der Waals surface area contributed by atoms with Crippen LogP contribution in [0.2, 0.25) is 0 Å². The minimum atomic E-state index is -0.0368. The second-order valence-corrected chi connectivity index (χ2v) is 4.68. The van der Waals surface area contributed by atoms with Crippen LogP contribution in [-0.2, 0) is 11.3 Å². The molecule has 3 nitrogen and oxygen atoms in total. The molecule has 2 rings (SSSR count). The van der Waals surface area contributed by atoms with E-state index in [0.717, 1.165) is 0 Å². The summed E-state index contributed by atoms with van der Waals surface area (Å²) in [6.45, 7) is 1.02. The molecule has 0 atom stereocenters. The average molecular weight is 252 g/mol. The molecule has 0 N–H and O–H groups in total. The van der Waals surface area contributed by atoms with Crippen molar-refractivity contribution in [2.45, 2.75) is 13.0 Å². The third-order valence-electron chi connectivity index (χ3n) is 3.04. The zero-order valence-corrected chi connectivity index (χ0v) is 11.0. The summed E-state index contributed by atoms with van der Waals surface area (Å²) in [5.74, 6) is -0.0368. The van der Waals surface area contributed by atoms with E-state index in [4.69, 9.17) is 5.26 Å². The number of nitriles is 1. The topological polar surface area (TPSA) is 44.1 Å². The molecule has 0 saturated carbocycles. The van der Waals surface area contributed by atoms with Gasteiger partial charge in [-0.25, -0.2) is 0 Å². The van der Waals surface area contributed by atoms with Crippen molar-refractivity contribution in [3.63, 3.8) is 0 Å². The van der Waals surface area contributed by atoms with Gasteiger partial charge in [0.1, 0.15) is 0 Å². The summed E-state index contributed by atoms with van der Waals surface area (Å²) in [5.41, 5.74) is 1.20. The van der Waals surface area contributed by atoms with Crippen molar-refractivity contribution in [2.75, 3.05) is 13.6 Å².